The average Bonchev–Trinajstić information content (AvgIpc) is 2.37. The van der Waals surface area contributed by atoms with Crippen molar-refractivity contribution in [2.24, 2.45) is 5.73 Å². The average molecular weight is 326 g/mol. The van der Waals surface area contributed by atoms with Crippen LogP contribution in [0.3, 0.4) is 0 Å². The minimum atomic E-state index is -0.452. The van der Waals surface area contributed by atoms with Crippen molar-refractivity contribution < 1.29 is 8.78 Å². The molecule has 100 valence electrons. The summed E-state index contributed by atoms with van der Waals surface area (Å²) in [6.45, 7) is 1.96. The lowest BCUT2D eigenvalue weighted by Crippen LogP contribution is -2.15. The van der Waals surface area contributed by atoms with Crippen molar-refractivity contribution in [2.75, 3.05) is 0 Å². The second-order valence-corrected chi connectivity index (χ2v) is 5.32. The highest BCUT2D eigenvalue weighted by atomic mass is 79.9. The smallest absolute Gasteiger partial charge is 0.126 e. The number of halogens is 3. The normalized spacial score (nSPS) is 12.5. The number of aryl methyl sites for hydroxylation is 1. The van der Waals surface area contributed by atoms with Gasteiger partial charge in [0.15, 0.2) is 0 Å². The molecular weight excluding hydrogens is 312 g/mol. The maximum absolute atomic E-state index is 13.6. The van der Waals surface area contributed by atoms with Crippen LogP contribution >= 0.6 is 15.9 Å². The Morgan fingerprint density at radius 2 is 1.95 bits per heavy atom. The molecule has 1 nitrogen and oxygen atoms in total. The van der Waals surface area contributed by atoms with Crippen LogP contribution in [0, 0.1) is 18.6 Å². The summed E-state index contributed by atoms with van der Waals surface area (Å²) >= 11 is 3.48. The third-order valence-corrected chi connectivity index (χ3v) is 4.15. The molecule has 0 saturated heterocycles. The zero-order valence-electron chi connectivity index (χ0n) is 10.5. The lowest BCUT2D eigenvalue weighted by atomic mass is 9.98. The first kappa shape index (κ1) is 14.2. The molecule has 0 fully saturated rings. The van der Waals surface area contributed by atoms with Crippen LogP contribution in [0.15, 0.2) is 40.9 Å². The molecular formula is C15H14BrF2N. The molecule has 0 saturated carbocycles. The Labute approximate surface area is 119 Å². The Morgan fingerprint density at radius 1 is 1.21 bits per heavy atom. The molecule has 0 bridgehead atoms. The van der Waals surface area contributed by atoms with E-state index in [9.17, 15) is 8.78 Å². The van der Waals surface area contributed by atoms with Gasteiger partial charge in [-0.25, -0.2) is 8.78 Å². The van der Waals surface area contributed by atoms with Crippen molar-refractivity contribution in [3.63, 3.8) is 0 Å². The van der Waals surface area contributed by atoms with Gasteiger partial charge in [0.25, 0.3) is 0 Å². The summed E-state index contributed by atoms with van der Waals surface area (Å²) in [5, 5.41) is 0. The quantitative estimate of drug-likeness (QED) is 0.895. The molecule has 0 aliphatic carbocycles. The van der Waals surface area contributed by atoms with Crippen LogP contribution in [0.2, 0.25) is 0 Å². The Hall–Kier alpha value is -1.26. The van der Waals surface area contributed by atoms with E-state index in [0.717, 1.165) is 27.7 Å². The first-order valence-corrected chi connectivity index (χ1v) is 6.73. The predicted octanol–water partition coefficient (Wildman–Crippen LogP) is 4.28. The second kappa shape index (κ2) is 5.80. The molecule has 1 atom stereocenters. The number of benzene rings is 2. The van der Waals surface area contributed by atoms with Gasteiger partial charge in [0.2, 0.25) is 0 Å². The van der Waals surface area contributed by atoms with Gasteiger partial charge in [-0.05, 0) is 48.2 Å². The molecule has 0 aliphatic rings. The molecule has 0 radical (unpaired) electrons. The second-order valence-electron chi connectivity index (χ2n) is 4.52. The lowest BCUT2D eigenvalue weighted by Gasteiger charge is -2.15. The number of nitrogens with two attached hydrogens (primary N) is 1. The van der Waals surface area contributed by atoms with E-state index in [4.69, 9.17) is 5.73 Å². The molecule has 0 amide bonds. The Bertz CT molecular complexity index is 599. The van der Waals surface area contributed by atoms with Gasteiger partial charge in [-0.2, -0.15) is 0 Å². The highest BCUT2D eigenvalue weighted by Gasteiger charge is 2.14. The first-order valence-electron chi connectivity index (χ1n) is 5.93. The zero-order valence-corrected chi connectivity index (χ0v) is 12.0. The summed E-state index contributed by atoms with van der Waals surface area (Å²) in [7, 11) is 0. The van der Waals surface area contributed by atoms with Gasteiger partial charge in [-0.15, -0.1) is 0 Å². The summed E-state index contributed by atoms with van der Waals surface area (Å²) < 4.78 is 27.6. The van der Waals surface area contributed by atoms with E-state index in [1.165, 1.54) is 6.07 Å². The van der Waals surface area contributed by atoms with Crippen molar-refractivity contribution in [2.45, 2.75) is 19.4 Å². The molecule has 19 heavy (non-hydrogen) atoms. The van der Waals surface area contributed by atoms with Crippen LogP contribution in [0.5, 0.6) is 0 Å². The molecule has 2 aromatic carbocycles. The molecule has 2 aromatic rings. The molecule has 0 aromatic heterocycles. The number of rotatable bonds is 3. The Morgan fingerprint density at radius 3 is 2.68 bits per heavy atom. The van der Waals surface area contributed by atoms with Crippen molar-refractivity contribution in [1.29, 1.82) is 0 Å². The molecule has 2 rings (SSSR count). The van der Waals surface area contributed by atoms with E-state index in [1.54, 1.807) is 0 Å². The van der Waals surface area contributed by atoms with Gasteiger partial charge in [0.1, 0.15) is 11.6 Å². The van der Waals surface area contributed by atoms with E-state index in [0.29, 0.717) is 5.56 Å². The summed E-state index contributed by atoms with van der Waals surface area (Å²) in [6, 6.07) is 8.79. The van der Waals surface area contributed by atoms with Gasteiger partial charge in [0.05, 0.1) is 0 Å². The monoisotopic (exact) mass is 325 g/mol. The molecule has 0 heterocycles. The summed E-state index contributed by atoms with van der Waals surface area (Å²) in [5.74, 6) is -0.882. The van der Waals surface area contributed by atoms with Crippen LogP contribution < -0.4 is 5.73 Å². The minimum Gasteiger partial charge on any atom is -0.324 e. The highest BCUT2D eigenvalue weighted by Crippen LogP contribution is 2.28. The minimum absolute atomic E-state index is 0.256. The van der Waals surface area contributed by atoms with E-state index < -0.39 is 11.6 Å². The van der Waals surface area contributed by atoms with Crippen molar-refractivity contribution in [3.8, 4) is 0 Å². The van der Waals surface area contributed by atoms with E-state index >= 15 is 0 Å². The molecule has 1 unspecified atom stereocenters. The third kappa shape index (κ3) is 3.19. The topological polar surface area (TPSA) is 26.0 Å². The summed E-state index contributed by atoms with van der Waals surface area (Å²) in [5.41, 5.74) is 8.34. The maximum Gasteiger partial charge on any atom is 0.126 e. The fourth-order valence-electron chi connectivity index (χ4n) is 2.00. The molecule has 2 N–H and O–H groups in total. The van der Waals surface area contributed by atoms with E-state index in [2.05, 4.69) is 15.9 Å². The van der Waals surface area contributed by atoms with Crippen LogP contribution in [0.1, 0.15) is 22.7 Å². The van der Waals surface area contributed by atoms with Crippen LogP contribution in [0.4, 0.5) is 8.78 Å². The summed E-state index contributed by atoms with van der Waals surface area (Å²) in [6.07, 6.45) is 0.256. The van der Waals surface area contributed by atoms with Gasteiger partial charge < -0.3 is 5.73 Å². The molecule has 4 heteroatoms. The predicted molar refractivity (Wildman–Crippen MR) is 75.9 cm³/mol. The standard InChI is InChI=1S/C15H14BrF2N/c1-9-3-2-4-12(15(9)16)14(19)8-10-7-11(17)5-6-13(10)18/h2-7,14H,8,19H2,1H3. The molecule has 0 aliphatic heterocycles. The van der Waals surface area contributed by atoms with Crippen molar-refractivity contribution in [3.05, 3.63) is 69.2 Å². The van der Waals surface area contributed by atoms with Gasteiger partial charge >= 0.3 is 0 Å². The fraction of sp³-hybridized carbons (Fsp3) is 0.200. The highest BCUT2D eigenvalue weighted by molar-refractivity contribution is 9.10. The lowest BCUT2D eigenvalue weighted by molar-refractivity contribution is 0.572. The van der Waals surface area contributed by atoms with Crippen molar-refractivity contribution >= 4 is 15.9 Å². The van der Waals surface area contributed by atoms with Gasteiger partial charge in [-0.3, -0.25) is 0 Å². The molecule has 0 spiro atoms. The number of hydrogen-bond donors (Lipinski definition) is 1. The maximum atomic E-state index is 13.6. The number of hydrogen-bond acceptors (Lipinski definition) is 1. The van der Waals surface area contributed by atoms with Gasteiger partial charge in [-0.1, -0.05) is 34.1 Å². The zero-order chi connectivity index (χ0) is 14.0. The summed E-state index contributed by atoms with van der Waals surface area (Å²) in [4.78, 5) is 0. The van der Waals surface area contributed by atoms with E-state index in [1.807, 2.05) is 25.1 Å². The van der Waals surface area contributed by atoms with E-state index in [-0.39, 0.29) is 12.5 Å². The van der Waals surface area contributed by atoms with Crippen LogP contribution in [-0.4, -0.2) is 0 Å². The van der Waals surface area contributed by atoms with Crippen LogP contribution in [-0.2, 0) is 6.42 Å². The first-order chi connectivity index (χ1) is 8.99. The SMILES string of the molecule is Cc1cccc(C(N)Cc2cc(F)ccc2F)c1Br. The largest absolute Gasteiger partial charge is 0.324 e. The van der Waals surface area contributed by atoms with Gasteiger partial charge in [0, 0.05) is 10.5 Å². The van der Waals surface area contributed by atoms with Crippen molar-refractivity contribution in [1.82, 2.24) is 0 Å². The van der Waals surface area contributed by atoms with Crippen LogP contribution in [0.25, 0.3) is 0 Å². The Balaban J connectivity index is 2.28. The fourth-order valence-corrected chi connectivity index (χ4v) is 2.56. The third-order valence-electron chi connectivity index (χ3n) is 3.07. The Kier molecular flexibility index (Phi) is 4.32.